The molecular formula is C19H26N2O3. The lowest BCUT2D eigenvalue weighted by atomic mass is 9.94. The summed E-state index contributed by atoms with van der Waals surface area (Å²) in [4.78, 5) is 29.5. The predicted octanol–water partition coefficient (Wildman–Crippen LogP) is 2.93. The first-order valence-corrected chi connectivity index (χ1v) is 8.67. The second-order valence-electron chi connectivity index (χ2n) is 7.24. The normalized spacial score (nSPS) is 23.4. The Labute approximate surface area is 143 Å². The number of aryl methyl sites for hydroxylation is 2. The molecule has 0 aliphatic carbocycles. The number of piperidine rings is 1. The van der Waals surface area contributed by atoms with Gasteiger partial charge in [0.15, 0.2) is 0 Å². The van der Waals surface area contributed by atoms with Crippen LogP contribution < -0.4 is 0 Å². The Hall–Kier alpha value is -2.04. The highest BCUT2D eigenvalue weighted by Gasteiger charge is 2.41. The van der Waals surface area contributed by atoms with Crippen molar-refractivity contribution in [1.29, 1.82) is 0 Å². The molecule has 2 bridgehead atoms. The zero-order chi connectivity index (χ0) is 17.4. The van der Waals surface area contributed by atoms with E-state index in [0.717, 1.165) is 18.6 Å². The highest BCUT2D eigenvalue weighted by molar-refractivity contribution is 5.96. The molecule has 0 spiro atoms. The highest BCUT2D eigenvalue weighted by Crippen LogP contribution is 2.30. The molecule has 0 unspecified atom stereocenters. The number of hydrogen-bond acceptors (Lipinski definition) is 3. The fourth-order valence-corrected chi connectivity index (χ4v) is 3.74. The quantitative estimate of drug-likeness (QED) is 0.801. The number of nitrogens with zero attached hydrogens (tertiary/aromatic N) is 2. The van der Waals surface area contributed by atoms with Crippen LogP contribution in [0.5, 0.6) is 0 Å². The van der Waals surface area contributed by atoms with Gasteiger partial charge in [-0.05, 0) is 46.6 Å². The third kappa shape index (κ3) is 3.12. The van der Waals surface area contributed by atoms with E-state index in [1.165, 1.54) is 5.57 Å². The van der Waals surface area contributed by atoms with Crippen molar-refractivity contribution in [1.82, 2.24) is 9.80 Å². The van der Waals surface area contributed by atoms with Gasteiger partial charge in [0.25, 0.3) is 5.91 Å². The van der Waals surface area contributed by atoms with E-state index in [-0.39, 0.29) is 23.8 Å². The van der Waals surface area contributed by atoms with Crippen molar-refractivity contribution in [2.45, 2.75) is 46.6 Å². The Bertz CT molecular complexity index is 685. The van der Waals surface area contributed by atoms with Crippen LogP contribution in [0.1, 0.15) is 48.6 Å². The average molecular weight is 330 g/mol. The minimum atomic E-state index is -0.0773. The van der Waals surface area contributed by atoms with Crippen molar-refractivity contribution in [2.75, 3.05) is 19.6 Å². The Morgan fingerprint density at radius 3 is 2.67 bits per heavy atom. The summed E-state index contributed by atoms with van der Waals surface area (Å²) in [7, 11) is 0. The smallest absolute Gasteiger partial charge is 0.257 e. The van der Waals surface area contributed by atoms with Crippen molar-refractivity contribution >= 4 is 11.8 Å². The Kier molecular flexibility index (Phi) is 4.52. The predicted molar refractivity (Wildman–Crippen MR) is 91.7 cm³/mol. The second-order valence-corrected chi connectivity index (χ2v) is 7.24. The fourth-order valence-electron chi connectivity index (χ4n) is 3.74. The first-order valence-electron chi connectivity index (χ1n) is 8.67. The Morgan fingerprint density at radius 1 is 1.29 bits per heavy atom. The summed E-state index contributed by atoms with van der Waals surface area (Å²) >= 11 is 0. The Morgan fingerprint density at radius 2 is 2.04 bits per heavy atom. The zero-order valence-corrected chi connectivity index (χ0v) is 15.0. The molecule has 0 saturated carbocycles. The molecule has 3 saturated heterocycles. The summed E-state index contributed by atoms with van der Waals surface area (Å²) in [5, 5.41) is 0. The number of hydrogen-bond donors (Lipinski definition) is 0. The Balaban J connectivity index is 1.82. The lowest BCUT2D eigenvalue weighted by Crippen LogP contribution is -2.48. The van der Waals surface area contributed by atoms with Crippen LogP contribution in [0.2, 0.25) is 0 Å². The average Bonchev–Trinajstić information content (AvgIpc) is 2.70. The molecule has 130 valence electrons. The molecular weight excluding hydrogens is 304 g/mol. The minimum absolute atomic E-state index is 0.0156. The molecule has 3 fully saturated rings. The molecule has 1 aromatic heterocycles. The van der Waals surface area contributed by atoms with Gasteiger partial charge in [0.05, 0.1) is 11.5 Å². The van der Waals surface area contributed by atoms with Crippen LogP contribution in [0.25, 0.3) is 0 Å². The van der Waals surface area contributed by atoms with Crippen LogP contribution in [0.4, 0.5) is 0 Å². The number of amides is 2. The monoisotopic (exact) mass is 330 g/mol. The number of carbonyl (C=O) groups is 2. The van der Waals surface area contributed by atoms with Gasteiger partial charge in [-0.15, -0.1) is 0 Å². The van der Waals surface area contributed by atoms with Gasteiger partial charge >= 0.3 is 0 Å². The molecule has 5 heteroatoms. The molecule has 1 aromatic rings. The third-order valence-corrected chi connectivity index (χ3v) is 5.05. The fraction of sp³-hybridized carbons (Fsp3) is 0.579. The van der Waals surface area contributed by atoms with E-state index < -0.39 is 0 Å². The molecule has 0 radical (unpaired) electrons. The van der Waals surface area contributed by atoms with E-state index in [9.17, 15) is 9.59 Å². The van der Waals surface area contributed by atoms with Gasteiger partial charge < -0.3 is 14.2 Å². The lowest BCUT2D eigenvalue weighted by Gasteiger charge is -2.35. The van der Waals surface area contributed by atoms with Crippen LogP contribution in [0, 0.1) is 19.8 Å². The van der Waals surface area contributed by atoms with Crippen LogP contribution in [-0.4, -0.2) is 47.3 Å². The van der Waals surface area contributed by atoms with E-state index in [1.54, 1.807) is 6.07 Å². The van der Waals surface area contributed by atoms with Gasteiger partial charge in [0.2, 0.25) is 5.91 Å². The van der Waals surface area contributed by atoms with E-state index in [1.807, 2.05) is 37.5 Å². The molecule has 4 rings (SSSR count). The molecule has 3 aliphatic rings. The summed E-state index contributed by atoms with van der Waals surface area (Å²) in [6.07, 6.45) is 3.94. The number of furan rings is 1. The van der Waals surface area contributed by atoms with Crippen LogP contribution in [0.15, 0.2) is 22.1 Å². The maximum atomic E-state index is 12.9. The van der Waals surface area contributed by atoms with Gasteiger partial charge in [-0.25, -0.2) is 0 Å². The van der Waals surface area contributed by atoms with Crippen molar-refractivity contribution in [3.05, 3.63) is 34.8 Å². The first kappa shape index (κ1) is 16.8. The number of rotatable bonds is 3. The maximum absolute atomic E-state index is 12.9. The van der Waals surface area contributed by atoms with Gasteiger partial charge in [-0.1, -0.05) is 11.6 Å². The zero-order valence-electron chi connectivity index (χ0n) is 15.0. The van der Waals surface area contributed by atoms with Gasteiger partial charge in [0.1, 0.15) is 11.5 Å². The lowest BCUT2D eigenvalue weighted by molar-refractivity contribution is -0.139. The SMILES string of the molecule is CC(C)=CCN1C(=O)[C@H]2CC[C@@H]1CN(C(=O)c1cc(C)oc1C)C2. The van der Waals surface area contributed by atoms with Crippen molar-refractivity contribution in [3.63, 3.8) is 0 Å². The number of carbonyl (C=O) groups excluding carboxylic acids is 2. The molecule has 0 N–H and O–H groups in total. The number of fused-ring (bicyclic) bond motifs is 4. The first-order chi connectivity index (χ1) is 11.4. The largest absolute Gasteiger partial charge is 0.466 e. The highest BCUT2D eigenvalue weighted by atomic mass is 16.3. The molecule has 3 aliphatic heterocycles. The molecule has 5 nitrogen and oxygen atoms in total. The number of allylic oxidation sites excluding steroid dienone is 1. The van der Waals surface area contributed by atoms with Crippen LogP contribution >= 0.6 is 0 Å². The van der Waals surface area contributed by atoms with E-state index in [4.69, 9.17) is 4.42 Å². The molecule has 4 heterocycles. The standard InChI is InChI=1S/C19H26N2O3/c1-12(2)7-8-21-16-6-5-15(18(21)22)10-20(11-16)19(23)17-9-13(3)24-14(17)4/h7,9,15-16H,5-6,8,10-11H2,1-4H3/t15-,16+/m0/s1. The van der Waals surface area contributed by atoms with Crippen molar-refractivity contribution < 1.29 is 14.0 Å². The topological polar surface area (TPSA) is 53.8 Å². The maximum Gasteiger partial charge on any atom is 0.257 e. The van der Waals surface area contributed by atoms with E-state index >= 15 is 0 Å². The van der Waals surface area contributed by atoms with Gasteiger partial charge in [0, 0.05) is 25.7 Å². The van der Waals surface area contributed by atoms with Gasteiger partial charge in [-0.3, -0.25) is 9.59 Å². The van der Waals surface area contributed by atoms with Crippen molar-refractivity contribution in [3.8, 4) is 0 Å². The summed E-state index contributed by atoms with van der Waals surface area (Å²) < 4.78 is 5.50. The summed E-state index contributed by atoms with van der Waals surface area (Å²) in [6.45, 7) is 9.53. The summed E-state index contributed by atoms with van der Waals surface area (Å²) in [5.74, 6) is 1.50. The molecule has 2 amide bonds. The van der Waals surface area contributed by atoms with Crippen molar-refractivity contribution in [2.24, 2.45) is 5.92 Å². The van der Waals surface area contributed by atoms with Gasteiger partial charge in [-0.2, -0.15) is 0 Å². The molecule has 2 atom stereocenters. The molecule has 24 heavy (non-hydrogen) atoms. The van der Waals surface area contributed by atoms with E-state index in [2.05, 4.69) is 6.08 Å². The second kappa shape index (κ2) is 6.46. The summed E-state index contributed by atoms with van der Waals surface area (Å²) in [5.41, 5.74) is 1.83. The summed E-state index contributed by atoms with van der Waals surface area (Å²) in [6, 6.07) is 1.91. The van der Waals surface area contributed by atoms with Crippen LogP contribution in [-0.2, 0) is 4.79 Å². The third-order valence-electron chi connectivity index (χ3n) is 5.05. The van der Waals surface area contributed by atoms with Crippen LogP contribution in [0.3, 0.4) is 0 Å². The van der Waals surface area contributed by atoms with E-state index in [0.29, 0.717) is 31.0 Å². The molecule has 0 aromatic carbocycles. The minimum Gasteiger partial charge on any atom is -0.466 e.